The second-order valence-corrected chi connectivity index (χ2v) is 4.89. The van der Waals surface area contributed by atoms with Gasteiger partial charge in [-0.15, -0.1) is 0 Å². The van der Waals surface area contributed by atoms with Crippen LogP contribution >= 0.6 is 0 Å². The summed E-state index contributed by atoms with van der Waals surface area (Å²) in [6, 6.07) is 12.1. The second kappa shape index (κ2) is 5.92. The number of hydrogen-bond acceptors (Lipinski definition) is 4. The third kappa shape index (κ3) is 3.27. The fourth-order valence-corrected chi connectivity index (χ4v) is 1.98. The van der Waals surface area contributed by atoms with Gasteiger partial charge in [0.25, 0.3) is 0 Å². The summed E-state index contributed by atoms with van der Waals surface area (Å²) in [4.78, 5) is 4.35. The molecule has 1 aromatic carbocycles. The van der Waals surface area contributed by atoms with Crippen LogP contribution in [-0.2, 0) is 6.54 Å². The molecule has 1 aromatic heterocycles. The third-order valence-corrected chi connectivity index (χ3v) is 3.23. The zero-order valence-corrected chi connectivity index (χ0v) is 11.5. The van der Waals surface area contributed by atoms with Crippen LogP contribution in [-0.4, -0.2) is 18.1 Å². The highest BCUT2D eigenvalue weighted by atomic mass is 16.5. The number of nitrogens with zero attached hydrogens (tertiary/aromatic N) is 1. The van der Waals surface area contributed by atoms with Crippen molar-refractivity contribution in [3.05, 3.63) is 48.3 Å². The smallest absolute Gasteiger partial charge is 0.169 e. The molecule has 0 unspecified atom stereocenters. The van der Waals surface area contributed by atoms with E-state index in [9.17, 15) is 0 Å². The van der Waals surface area contributed by atoms with Crippen LogP contribution in [0.15, 0.2) is 42.6 Å². The number of benzene rings is 1. The first-order valence-corrected chi connectivity index (χ1v) is 6.84. The fraction of sp³-hybridized carbons (Fsp3) is 0.312. The Morgan fingerprint density at radius 3 is 2.75 bits per heavy atom. The number of aromatic nitrogens is 1. The van der Waals surface area contributed by atoms with Gasteiger partial charge in [0.1, 0.15) is 5.75 Å². The molecule has 1 aliphatic rings. The summed E-state index contributed by atoms with van der Waals surface area (Å²) in [6.45, 7) is 0.786. The Balaban J connectivity index is 1.71. The Kier molecular flexibility index (Phi) is 3.83. The lowest BCUT2D eigenvalue weighted by Crippen LogP contribution is -2.16. The number of para-hydroxylation sites is 2. The van der Waals surface area contributed by atoms with Crippen molar-refractivity contribution < 1.29 is 9.47 Å². The van der Waals surface area contributed by atoms with Crippen molar-refractivity contribution in [2.24, 2.45) is 0 Å². The molecule has 3 rings (SSSR count). The topological polar surface area (TPSA) is 43.4 Å². The summed E-state index contributed by atoms with van der Waals surface area (Å²) in [6.07, 6.45) is 4.32. The number of hydrogen-bond donors (Lipinski definition) is 1. The summed E-state index contributed by atoms with van der Waals surface area (Å²) < 4.78 is 11.2. The normalized spacial score (nSPS) is 14.1. The first-order chi connectivity index (χ1) is 9.85. The molecule has 0 atom stereocenters. The maximum atomic E-state index is 5.87. The molecule has 4 heteroatoms. The molecular formula is C16H18N2O2. The van der Waals surface area contributed by atoms with E-state index in [4.69, 9.17) is 9.47 Å². The Hall–Kier alpha value is -2.07. The van der Waals surface area contributed by atoms with E-state index in [0.29, 0.717) is 11.8 Å². The van der Waals surface area contributed by atoms with Gasteiger partial charge in [-0.05, 0) is 31.0 Å². The van der Waals surface area contributed by atoms with Gasteiger partial charge in [0.2, 0.25) is 0 Å². The standard InChI is InChI=1S/C16H18N2O2/c1-19-15-4-2-3-5-16(15)20-14-8-9-17-13(10-14)11-18-12-6-7-12/h2-5,8-10,12,18H,6-7,11H2,1H3. The molecule has 4 nitrogen and oxygen atoms in total. The average Bonchev–Trinajstić information content (AvgIpc) is 3.30. The van der Waals surface area contributed by atoms with Crippen LogP contribution in [0.25, 0.3) is 0 Å². The van der Waals surface area contributed by atoms with E-state index in [1.54, 1.807) is 13.3 Å². The van der Waals surface area contributed by atoms with Crippen LogP contribution < -0.4 is 14.8 Å². The van der Waals surface area contributed by atoms with Crippen molar-refractivity contribution >= 4 is 0 Å². The zero-order valence-electron chi connectivity index (χ0n) is 11.5. The van der Waals surface area contributed by atoms with Gasteiger partial charge in [-0.25, -0.2) is 0 Å². The van der Waals surface area contributed by atoms with E-state index in [-0.39, 0.29) is 0 Å². The Morgan fingerprint density at radius 2 is 2.00 bits per heavy atom. The second-order valence-electron chi connectivity index (χ2n) is 4.89. The molecule has 0 aliphatic heterocycles. The molecule has 2 aromatic rings. The van der Waals surface area contributed by atoms with Crippen molar-refractivity contribution in [1.29, 1.82) is 0 Å². The summed E-state index contributed by atoms with van der Waals surface area (Å²) in [5, 5.41) is 3.44. The molecule has 0 radical (unpaired) electrons. The molecule has 0 bridgehead atoms. The van der Waals surface area contributed by atoms with Gasteiger partial charge >= 0.3 is 0 Å². The number of nitrogens with one attached hydrogen (secondary N) is 1. The molecule has 1 aliphatic carbocycles. The van der Waals surface area contributed by atoms with E-state index in [1.165, 1.54) is 12.8 Å². The maximum Gasteiger partial charge on any atom is 0.169 e. The lowest BCUT2D eigenvalue weighted by atomic mass is 10.3. The number of ether oxygens (including phenoxy) is 2. The predicted molar refractivity (Wildman–Crippen MR) is 77.2 cm³/mol. The van der Waals surface area contributed by atoms with Gasteiger partial charge in [0, 0.05) is 24.8 Å². The van der Waals surface area contributed by atoms with E-state index in [1.807, 2.05) is 36.4 Å². The van der Waals surface area contributed by atoms with Crippen LogP contribution in [0.3, 0.4) is 0 Å². The third-order valence-electron chi connectivity index (χ3n) is 3.23. The van der Waals surface area contributed by atoms with Gasteiger partial charge in [-0.3, -0.25) is 4.98 Å². The van der Waals surface area contributed by atoms with E-state index >= 15 is 0 Å². The average molecular weight is 270 g/mol. The lowest BCUT2D eigenvalue weighted by Gasteiger charge is -2.10. The van der Waals surface area contributed by atoms with E-state index < -0.39 is 0 Å². The first-order valence-electron chi connectivity index (χ1n) is 6.84. The Labute approximate surface area is 118 Å². The SMILES string of the molecule is COc1ccccc1Oc1ccnc(CNC2CC2)c1. The molecule has 0 saturated heterocycles. The molecule has 0 amide bonds. The molecule has 1 fully saturated rings. The molecule has 104 valence electrons. The highest BCUT2D eigenvalue weighted by Crippen LogP contribution is 2.30. The van der Waals surface area contributed by atoms with Gasteiger partial charge in [-0.2, -0.15) is 0 Å². The van der Waals surface area contributed by atoms with E-state index in [2.05, 4.69) is 10.3 Å². The van der Waals surface area contributed by atoms with Gasteiger partial charge in [0.05, 0.1) is 12.8 Å². The molecule has 0 spiro atoms. The lowest BCUT2D eigenvalue weighted by molar-refractivity contribution is 0.378. The maximum absolute atomic E-state index is 5.87. The van der Waals surface area contributed by atoms with Crippen molar-refractivity contribution in [1.82, 2.24) is 10.3 Å². The van der Waals surface area contributed by atoms with E-state index in [0.717, 1.165) is 23.7 Å². The van der Waals surface area contributed by atoms with Crippen LogP contribution in [0, 0.1) is 0 Å². The number of methoxy groups -OCH3 is 1. The highest BCUT2D eigenvalue weighted by molar-refractivity contribution is 5.42. The van der Waals surface area contributed by atoms with Gasteiger partial charge in [0.15, 0.2) is 11.5 Å². The highest BCUT2D eigenvalue weighted by Gasteiger charge is 2.20. The first kappa shape index (κ1) is 12.9. The van der Waals surface area contributed by atoms with Crippen LogP contribution in [0.5, 0.6) is 17.2 Å². The quantitative estimate of drug-likeness (QED) is 0.875. The minimum atomic E-state index is 0.676. The van der Waals surface area contributed by atoms with Crippen molar-refractivity contribution in [2.75, 3.05) is 7.11 Å². The largest absolute Gasteiger partial charge is 0.493 e. The van der Waals surface area contributed by atoms with Gasteiger partial charge in [-0.1, -0.05) is 12.1 Å². The summed E-state index contributed by atoms with van der Waals surface area (Å²) in [5.74, 6) is 2.21. The van der Waals surface area contributed by atoms with Gasteiger partial charge < -0.3 is 14.8 Å². The van der Waals surface area contributed by atoms with Crippen LogP contribution in [0.4, 0.5) is 0 Å². The fourth-order valence-electron chi connectivity index (χ4n) is 1.98. The minimum absolute atomic E-state index is 0.676. The monoisotopic (exact) mass is 270 g/mol. The molecular weight excluding hydrogens is 252 g/mol. The van der Waals surface area contributed by atoms with Crippen molar-refractivity contribution in [3.8, 4) is 17.2 Å². The molecule has 1 N–H and O–H groups in total. The van der Waals surface area contributed by atoms with Crippen LogP contribution in [0.1, 0.15) is 18.5 Å². The molecule has 1 saturated carbocycles. The summed E-state index contributed by atoms with van der Waals surface area (Å²) in [7, 11) is 1.64. The van der Waals surface area contributed by atoms with Crippen molar-refractivity contribution in [3.63, 3.8) is 0 Å². The molecule has 1 heterocycles. The zero-order chi connectivity index (χ0) is 13.8. The summed E-state index contributed by atoms with van der Waals surface area (Å²) in [5.41, 5.74) is 0.990. The summed E-state index contributed by atoms with van der Waals surface area (Å²) >= 11 is 0. The number of pyridine rings is 1. The number of rotatable bonds is 6. The van der Waals surface area contributed by atoms with Crippen LogP contribution in [0.2, 0.25) is 0 Å². The predicted octanol–water partition coefficient (Wildman–Crippen LogP) is 3.13. The Bertz CT molecular complexity index is 582. The van der Waals surface area contributed by atoms with Crippen molar-refractivity contribution in [2.45, 2.75) is 25.4 Å². The molecule has 20 heavy (non-hydrogen) atoms. The minimum Gasteiger partial charge on any atom is -0.493 e. The Morgan fingerprint density at radius 1 is 1.20 bits per heavy atom.